The van der Waals surface area contributed by atoms with Gasteiger partial charge in [0.05, 0.1) is 24.6 Å². The molecule has 2 bridgehead atoms. The van der Waals surface area contributed by atoms with E-state index in [1.54, 1.807) is 18.2 Å². The molecule has 1 fully saturated rings. The Balaban J connectivity index is 1.84. The predicted octanol–water partition coefficient (Wildman–Crippen LogP) is 2.55. The summed E-state index contributed by atoms with van der Waals surface area (Å²) in [6, 6.07) is 7.14. The summed E-state index contributed by atoms with van der Waals surface area (Å²) in [5.41, 5.74) is 0.574. The minimum absolute atomic E-state index is 0.000747. The molecule has 0 heterocycles. The topological polar surface area (TPSA) is 75.6 Å². The summed E-state index contributed by atoms with van der Waals surface area (Å²) in [5.74, 6) is -1.77. The maximum Gasteiger partial charge on any atom is 0.307 e. The van der Waals surface area contributed by atoms with Gasteiger partial charge in [0, 0.05) is 0 Å². The first-order valence-electron chi connectivity index (χ1n) is 7.47. The van der Waals surface area contributed by atoms with Crippen LogP contribution >= 0.6 is 0 Å². The van der Waals surface area contributed by atoms with E-state index >= 15 is 0 Å². The van der Waals surface area contributed by atoms with Gasteiger partial charge in [-0.25, -0.2) is 0 Å². The number of carbonyl (C=O) groups excluding carboxylic acids is 1. The number of aliphatic carboxylic acids is 1. The highest BCUT2D eigenvalue weighted by Gasteiger charge is 2.48. The number of carboxylic acids is 1. The zero-order valence-electron chi connectivity index (χ0n) is 12.4. The quantitative estimate of drug-likeness (QED) is 0.838. The molecule has 0 aromatic heterocycles. The first-order valence-corrected chi connectivity index (χ1v) is 7.47. The van der Waals surface area contributed by atoms with Gasteiger partial charge in [-0.3, -0.25) is 9.59 Å². The number of rotatable bonds is 4. The minimum Gasteiger partial charge on any atom is -0.495 e. The number of carbonyl (C=O) groups is 2. The average molecular weight is 301 g/mol. The number of amides is 1. The van der Waals surface area contributed by atoms with Crippen molar-refractivity contribution in [1.82, 2.24) is 0 Å². The molecule has 1 aromatic carbocycles. The van der Waals surface area contributed by atoms with Gasteiger partial charge in [-0.05, 0) is 36.8 Å². The summed E-state index contributed by atoms with van der Waals surface area (Å²) in [6.07, 6.45) is 5.67. The molecule has 4 atom stereocenters. The van der Waals surface area contributed by atoms with E-state index in [1.165, 1.54) is 7.11 Å². The maximum atomic E-state index is 12.7. The standard InChI is InChI=1S/C17H19NO4/c1-22-13-5-3-2-4-12(13)18-16(19)14-10-6-8-11(9-7-10)15(14)17(20)21/h2-6,8,10-11,14-15H,7,9H2,1H3,(H,18,19)(H,20,21). The van der Waals surface area contributed by atoms with E-state index in [4.69, 9.17) is 4.74 Å². The molecular formula is C17H19NO4. The van der Waals surface area contributed by atoms with Gasteiger partial charge in [-0.15, -0.1) is 0 Å². The Labute approximate surface area is 129 Å². The molecule has 0 saturated heterocycles. The number of ether oxygens (including phenoxy) is 1. The lowest BCUT2D eigenvalue weighted by molar-refractivity contribution is -0.151. The van der Waals surface area contributed by atoms with Crippen molar-refractivity contribution in [2.45, 2.75) is 12.8 Å². The highest BCUT2D eigenvalue weighted by Crippen LogP contribution is 2.45. The van der Waals surface area contributed by atoms with E-state index in [2.05, 4.69) is 5.32 Å². The third-order valence-electron chi connectivity index (χ3n) is 4.70. The van der Waals surface area contributed by atoms with Crippen LogP contribution in [0.2, 0.25) is 0 Å². The van der Waals surface area contributed by atoms with Crippen molar-refractivity contribution in [3.63, 3.8) is 0 Å². The molecule has 3 aliphatic carbocycles. The second-order valence-electron chi connectivity index (χ2n) is 5.87. The smallest absolute Gasteiger partial charge is 0.307 e. The van der Waals surface area contributed by atoms with Crippen LogP contribution in [0.15, 0.2) is 36.4 Å². The van der Waals surface area contributed by atoms with Gasteiger partial charge in [-0.1, -0.05) is 24.3 Å². The van der Waals surface area contributed by atoms with Crippen LogP contribution in [0.5, 0.6) is 5.75 Å². The van der Waals surface area contributed by atoms with Gasteiger partial charge < -0.3 is 15.2 Å². The van der Waals surface area contributed by atoms with Gasteiger partial charge in [-0.2, -0.15) is 0 Å². The molecule has 0 spiro atoms. The number of hydrogen-bond donors (Lipinski definition) is 2. The van der Waals surface area contributed by atoms with Gasteiger partial charge in [0.1, 0.15) is 5.75 Å². The van der Waals surface area contributed by atoms with Crippen molar-refractivity contribution in [2.24, 2.45) is 23.7 Å². The van der Waals surface area contributed by atoms with E-state index in [0.29, 0.717) is 11.4 Å². The summed E-state index contributed by atoms with van der Waals surface area (Å²) in [5, 5.41) is 12.3. The Bertz CT molecular complexity index is 625. The fourth-order valence-electron chi connectivity index (χ4n) is 3.65. The van der Waals surface area contributed by atoms with E-state index in [1.807, 2.05) is 18.2 Å². The Morgan fingerprint density at radius 2 is 1.77 bits per heavy atom. The molecule has 0 aliphatic heterocycles. The highest BCUT2D eigenvalue weighted by atomic mass is 16.5. The zero-order chi connectivity index (χ0) is 15.7. The third kappa shape index (κ3) is 2.47. The molecule has 1 aromatic rings. The molecule has 3 aliphatic rings. The van der Waals surface area contributed by atoms with E-state index in [-0.39, 0.29) is 17.7 Å². The molecule has 4 unspecified atom stereocenters. The van der Waals surface area contributed by atoms with Crippen molar-refractivity contribution in [3.05, 3.63) is 36.4 Å². The lowest BCUT2D eigenvalue weighted by Gasteiger charge is -2.41. The number of methoxy groups -OCH3 is 1. The number of fused-ring (bicyclic) bond motifs is 2. The average Bonchev–Trinajstić information content (AvgIpc) is 2.55. The van der Waals surface area contributed by atoms with Crippen LogP contribution in [0.1, 0.15) is 12.8 Å². The Hall–Kier alpha value is -2.30. The van der Waals surface area contributed by atoms with Crippen LogP contribution < -0.4 is 10.1 Å². The summed E-state index contributed by atoms with van der Waals surface area (Å²) >= 11 is 0. The minimum atomic E-state index is -0.890. The zero-order valence-corrected chi connectivity index (χ0v) is 12.4. The number of carboxylic acid groups (broad SMARTS) is 1. The Kier molecular flexibility index (Phi) is 3.88. The van der Waals surface area contributed by atoms with Crippen LogP contribution in [0, 0.1) is 23.7 Å². The fraction of sp³-hybridized carbons (Fsp3) is 0.412. The molecule has 0 radical (unpaired) electrons. The van der Waals surface area contributed by atoms with Crippen molar-refractivity contribution in [1.29, 1.82) is 0 Å². The van der Waals surface area contributed by atoms with Crippen molar-refractivity contribution < 1.29 is 19.4 Å². The number of benzene rings is 1. The molecule has 5 nitrogen and oxygen atoms in total. The number of allylic oxidation sites excluding steroid dienone is 2. The molecule has 5 heteroatoms. The summed E-state index contributed by atoms with van der Waals surface area (Å²) in [7, 11) is 1.54. The lowest BCUT2D eigenvalue weighted by Crippen LogP contribution is -2.47. The monoisotopic (exact) mass is 301 g/mol. The largest absolute Gasteiger partial charge is 0.495 e. The van der Waals surface area contributed by atoms with Crippen molar-refractivity contribution in [2.75, 3.05) is 12.4 Å². The van der Waals surface area contributed by atoms with E-state index in [9.17, 15) is 14.7 Å². The second-order valence-corrected chi connectivity index (χ2v) is 5.87. The normalized spacial score (nSPS) is 29.1. The van der Waals surface area contributed by atoms with E-state index < -0.39 is 17.8 Å². The lowest BCUT2D eigenvalue weighted by atomic mass is 9.62. The first-order chi connectivity index (χ1) is 10.6. The molecule has 116 valence electrons. The number of nitrogens with one attached hydrogen (secondary N) is 1. The first kappa shape index (κ1) is 14.6. The SMILES string of the molecule is COc1ccccc1NC(=O)C1C2C=CC(CC2)C1C(=O)O. The van der Waals surface area contributed by atoms with Crippen molar-refractivity contribution >= 4 is 17.6 Å². The van der Waals surface area contributed by atoms with Crippen LogP contribution in [-0.4, -0.2) is 24.1 Å². The van der Waals surface area contributed by atoms with Gasteiger partial charge in [0.15, 0.2) is 0 Å². The Morgan fingerprint density at radius 3 is 2.36 bits per heavy atom. The third-order valence-corrected chi connectivity index (χ3v) is 4.70. The highest BCUT2D eigenvalue weighted by molar-refractivity contribution is 5.97. The summed E-state index contributed by atoms with van der Waals surface area (Å²) in [6.45, 7) is 0. The van der Waals surface area contributed by atoms with Crippen LogP contribution in [0.3, 0.4) is 0 Å². The summed E-state index contributed by atoms with van der Waals surface area (Å²) < 4.78 is 5.22. The van der Waals surface area contributed by atoms with Crippen LogP contribution in [0.25, 0.3) is 0 Å². The number of hydrogen-bond acceptors (Lipinski definition) is 3. The van der Waals surface area contributed by atoms with Gasteiger partial charge >= 0.3 is 5.97 Å². The molecule has 2 N–H and O–H groups in total. The van der Waals surface area contributed by atoms with Crippen LogP contribution in [0.4, 0.5) is 5.69 Å². The van der Waals surface area contributed by atoms with Gasteiger partial charge in [0.2, 0.25) is 5.91 Å². The van der Waals surface area contributed by atoms with Crippen molar-refractivity contribution in [3.8, 4) is 5.75 Å². The molecule has 22 heavy (non-hydrogen) atoms. The molecule has 4 rings (SSSR count). The Morgan fingerprint density at radius 1 is 1.14 bits per heavy atom. The number of anilines is 1. The predicted molar refractivity (Wildman–Crippen MR) is 81.6 cm³/mol. The van der Waals surface area contributed by atoms with E-state index in [0.717, 1.165) is 12.8 Å². The number of para-hydroxylation sites is 2. The fourth-order valence-corrected chi connectivity index (χ4v) is 3.65. The second kappa shape index (κ2) is 5.83. The molecule has 1 amide bonds. The maximum absolute atomic E-state index is 12.7. The summed E-state index contributed by atoms with van der Waals surface area (Å²) in [4.78, 5) is 24.3. The molecule has 1 saturated carbocycles. The van der Waals surface area contributed by atoms with Crippen LogP contribution in [-0.2, 0) is 9.59 Å². The molecular weight excluding hydrogens is 282 g/mol. The van der Waals surface area contributed by atoms with Gasteiger partial charge in [0.25, 0.3) is 0 Å².